The molecular formula is C27H43F3O3. The van der Waals surface area contributed by atoms with Gasteiger partial charge >= 0.3 is 6.18 Å². The summed E-state index contributed by atoms with van der Waals surface area (Å²) < 4.78 is 44.2. The Morgan fingerprint density at radius 1 is 1.09 bits per heavy atom. The average Bonchev–Trinajstić information content (AvgIpc) is 3.08. The predicted octanol–water partition coefficient (Wildman–Crippen LogP) is 6.28. The van der Waals surface area contributed by atoms with Crippen LogP contribution in [0.15, 0.2) is 11.6 Å². The zero-order valence-electron chi connectivity index (χ0n) is 20.8. The van der Waals surface area contributed by atoms with Gasteiger partial charge in [0.05, 0.1) is 12.2 Å². The van der Waals surface area contributed by atoms with Crippen LogP contribution in [0.2, 0.25) is 0 Å². The van der Waals surface area contributed by atoms with Gasteiger partial charge in [0.25, 0.3) is 0 Å². The highest BCUT2D eigenvalue weighted by Gasteiger charge is 2.61. The second kappa shape index (κ2) is 8.81. The van der Waals surface area contributed by atoms with Crippen molar-refractivity contribution in [1.29, 1.82) is 0 Å². The van der Waals surface area contributed by atoms with Crippen LogP contribution in [0.4, 0.5) is 13.2 Å². The zero-order chi connectivity index (χ0) is 24.2. The summed E-state index contributed by atoms with van der Waals surface area (Å²) in [6.07, 6.45) is 3.96. The molecule has 0 aliphatic heterocycles. The number of aliphatic hydroxyl groups is 2. The molecule has 9 atom stereocenters. The van der Waals surface area contributed by atoms with Gasteiger partial charge in [-0.05, 0) is 106 Å². The summed E-state index contributed by atoms with van der Waals surface area (Å²) in [5.41, 5.74) is 0.953. The molecule has 0 spiro atoms. The number of aliphatic hydroxyl groups excluding tert-OH is 1. The van der Waals surface area contributed by atoms with Crippen molar-refractivity contribution < 1.29 is 28.1 Å². The van der Waals surface area contributed by atoms with E-state index in [1.54, 1.807) is 7.11 Å². The third-order valence-corrected chi connectivity index (χ3v) is 10.5. The number of alkyl halides is 3. The van der Waals surface area contributed by atoms with E-state index in [1.165, 1.54) is 5.57 Å². The minimum absolute atomic E-state index is 0.0295. The van der Waals surface area contributed by atoms with Crippen molar-refractivity contribution in [2.24, 2.45) is 40.4 Å². The largest absolute Gasteiger partial charge is 0.414 e. The van der Waals surface area contributed by atoms with Gasteiger partial charge in [-0.2, -0.15) is 13.2 Å². The lowest BCUT2D eigenvalue weighted by Gasteiger charge is -2.60. The van der Waals surface area contributed by atoms with E-state index >= 15 is 0 Å². The van der Waals surface area contributed by atoms with Crippen LogP contribution in [0.5, 0.6) is 0 Å². The molecule has 0 radical (unpaired) electrons. The van der Waals surface area contributed by atoms with Gasteiger partial charge in [-0.1, -0.05) is 25.5 Å². The zero-order valence-corrected chi connectivity index (χ0v) is 20.8. The van der Waals surface area contributed by atoms with E-state index in [1.807, 2.05) is 6.92 Å². The van der Waals surface area contributed by atoms with Gasteiger partial charge in [0.2, 0.25) is 0 Å². The molecule has 3 nitrogen and oxygen atoms in total. The van der Waals surface area contributed by atoms with Crippen LogP contribution in [0, 0.1) is 40.4 Å². The van der Waals surface area contributed by atoms with E-state index in [4.69, 9.17) is 4.74 Å². The minimum atomic E-state index is -4.52. The van der Waals surface area contributed by atoms with Crippen molar-refractivity contribution in [3.05, 3.63) is 11.6 Å². The SMILES string of the molecule is COC[C@]12CC[C@](C)(O)CC1=CC[C@@H]1[C@@H]2CC[C@]2(C)C([C@H](C)CCC(O)C(F)(F)F)CC[C@@H]12. The molecule has 3 fully saturated rings. The number of hydrogen-bond donors (Lipinski definition) is 2. The standard InChI is InChI=1S/C27H43F3O3/c1-17(5-10-23(31)27(28,29)30)20-8-9-21-19-7-6-18-15-24(2,32)13-14-26(18,16-33-4)22(19)11-12-25(20,21)3/h6,17,19-23,31-32H,5,7-16H2,1-4H3/t17-,19+,20?,21+,22+,23?,24+,25-,26-/m1/s1. The molecule has 2 N–H and O–H groups in total. The molecule has 6 heteroatoms. The Hall–Kier alpha value is -0.590. The Balaban J connectivity index is 1.52. The molecule has 0 saturated heterocycles. The minimum Gasteiger partial charge on any atom is -0.390 e. The van der Waals surface area contributed by atoms with Crippen LogP contribution in [0.3, 0.4) is 0 Å². The fourth-order valence-electron chi connectivity index (χ4n) is 8.90. The molecule has 3 saturated carbocycles. The van der Waals surface area contributed by atoms with Crippen molar-refractivity contribution in [1.82, 2.24) is 0 Å². The Morgan fingerprint density at radius 3 is 2.48 bits per heavy atom. The number of ether oxygens (including phenoxy) is 1. The lowest BCUT2D eigenvalue weighted by atomic mass is 9.46. The number of allylic oxidation sites excluding steroid dienone is 1. The van der Waals surface area contributed by atoms with Gasteiger partial charge in [0.15, 0.2) is 0 Å². The fourth-order valence-corrected chi connectivity index (χ4v) is 8.90. The van der Waals surface area contributed by atoms with Crippen LogP contribution in [-0.2, 0) is 4.74 Å². The van der Waals surface area contributed by atoms with Crippen molar-refractivity contribution in [3.63, 3.8) is 0 Å². The lowest BCUT2D eigenvalue weighted by molar-refractivity contribution is -0.206. The topological polar surface area (TPSA) is 49.7 Å². The summed E-state index contributed by atoms with van der Waals surface area (Å²) in [4.78, 5) is 0. The van der Waals surface area contributed by atoms with Crippen molar-refractivity contribution in [3.8, 4) is 0 Å². The number of fused-ring (bicyclic) bond motifs is 5. The third kappa shape index (κ3) is 4.42. The van der Waals surface area contributed by atoms with Gasteiger partial charge in [-0.25, -0.2) is 0 Å². The highest BCUT2D eigenvalue weighted by atomic mass is 19.4. The summed E-state index contributed by atoms with van der Waals surface area (Å²) in [5, 5.41) is 20.2. The number of methoxy groups -OCH3 is 1. The highest BCUT2D eigenvalue weighted by molar-refractivity contribution is 5.28. The van der Waals surface area contributed by atoms with E-state index < -0.39 is 17.9 Å². The van der Waals surface area contributed by atoms with Gasteiger partial charge < -0.3 is 14.9 Å². The van der Waals surface area contributed by atoms with Gasteiger partial charge in [-0.3, -0.25) is 0 Å². The van der Waals surface area contributed by atoms with Crippen LogP contribution in [-0.4, -0.2) is 41.8 Å². The summed E-state index contributed by atoms with van der Waals surface area (Å²) in [6, 6.07) is 0. The highest BCUT2D eigenvalue weighted by Crippen LogP contribution is 2.68. The molecular weight excluding hydrogens is 429 g/mol. The maximum atomic E-state index is 12.8. The normalized spacial score (nSPS) is 44.9. The van der Waals surface area contributed by atoms with E-state index in [0.717, 1.165) is 51.4 Å². The van der Waals surface area contributed by atoms with E-state index in [0.29, 0.717) is 36.7 Å². The monoisotopic (exact) mass is 472 g/mol. The summed E-state index contributed by atoms with van der Waals surface area (Å²) in [6.45, 7) is 7.17. The molecule has 190 valence electrons. The Kier molecular flexibility index (Phi) is 6.81. The first kappa shape index (κ1) is 25.5. The van der Waals surface area contributed by atoms with Gasteiger partial charge in [0.1, 0.15) is 6.10 Å². The molecule has 2 unspecified atom stereocenters. The first-order valence-corrected chi connectivity index (χ1v) is 13.0. The Bertz CT molecular complexity index is 747. The van der Waals surface area contributed by atoms with Gasteiger partial charge in [-0.15, -0.1) is 0 Å². The van der Waals surface area contributed by atoms with Crippen LogP contribution in [0.1, 0.15) is 85.0 Å². The maximum Gasteiger partial charge on any atom is 0.414 e. The van der Waals surface area contributed by atoms with Crippen molar-refractivity contribution in [2.75, 3.05) is 13.7 Å². The molecule has 0 heterocycles. The molecule has 0 aromatic rings. The lowest BCUT2D eigenvalue weighted by Crippen LogP contribution is -2.54. The van der Waals surface area contributed by atoms with E-state index in [9.17, 15) is 23.4 Å². The van der Waals surface area contributed by atoms with Crippen LogP contribution in [0.25, 0.3) is 0 Å². The molecule has 4 aliphatic carbocycles. The first-order chi connectivity index (χ1) is 15.3. The quantitative estimate of drug-likeness (QED) is 0.447. The molecule has 4 rings (SSSR count). The predicted molar refractivity (Wildman–Crippen MR) is 122 cm³/mol. The van der Waals surface area contributed by atoms with E-state index in [2.05, 4.69) is 19.9 Å². The maximum absolute atomic E-state index is 12.8. The number of hydrogen-bond acceptors (Lipinski definition) is 3. The average molecular weight is 473 g/mol. The first-order valence-electron chi connectivity index (χ1n) is 13.0. The second-order valence-corrected chi connectivity index (χ2v) is 12.4. The van der Waals surface area contributed by atoms with Crippen molar-refractivity contribution in [2.45, 2.75) is 103 Å². The summed E-state index contributed by atoms with van der Waals surface area (Å²) >= 11 is 0. The second-order valence-electron chi connectivity index (χ2n) is 12.4. The molecule has 0 aromatic heterocycles. The fraction of sp³-hybridized carbons (Fsp3) is 0.926. The summed E-state index contributed by atoms with van der Waals surface area (Å²) in [7, 11) is 1.79. The molecule has 0 aromatic carbocycles. The third-order valence-electron chi connectivity index (χ3n) is 10.5. The van der Waals surface area contributed by atoms with E-state index in [-0.39, 0.29) is 23.2 Å². The molecule has 4 aliphatic rings. The molecule has 0 amide bonds. The number of halogens is 3. The molecule has 33 heavy (non-hydrogen) atoms. The van der Waals surface area contributed by atoms with Gasteiger partial charge in [0, 0.05) is 12.5 Å². The Labute approximate surface area is 197 Å². The molecule has 0 bridgehead atoms. The summed E-state index contributed by atoms with van der Waals surface area (Å²) in [5.74, 6) is 2.34. The van der Waals surface area contributed by atoms with Crippen molar-refractivity contribution >= 4 is 0 Å². The Morgan fingerprint density at radius 2 is 1.82 bits per heavy atom. The number of rotatable bonds is 6. The van der Waals surface area contributed by atoms with Crippen LogP contribution < -0.4 is 0 Å². The smallest absolute Gasteiger partial charge is 0.390 e. The van der Waals surface area contributed by atoms with Crippen LogP contribution >= 0.6 is 0 Å².